The number of aliphatic hydroxyl groups is 1. The average molecular weight is 186 g/mol. The third-order valence-corrected chi connectivity index (χ3v) is 2.17. The summed E-state index contributed by atoms with van der Waals surface area (Å²) < 4.78 is 25.5. The van der Waals surface area contributed by atoms with Gasteiger partial charge in [-0.15, -0.1) is 0 Å². The van der Waals surface area contributed by atoms with Crippen molar-refractivity contribution in [2.45, 2.75) is 25.9 Å². The van der Waals surface area contributed by atoms with Crippen molar-refractivity contribution < 1.29 is 13.9 Å². The molecule has 1 aromatic rings. The van der Waals surface area contributed by atoms with Gasteiger partial charge in [0.05, 0.1) is 5.60 Å². The van der Waals surface area contributed by atoms with E-state index in [1.807, 2.05) is 0 Å². The number of halogens is 2. The number of hydrogen-bond acceptors (Lipinski definition) is 1. The van der Waals surface area contributed by atoms with Gasteiger partial charge in [-0.3, -0.25) is 0 Å². The zero-order valence-corrected chi connectivity index (χ0v) is 7.64. The normalized spacial score (nSPS) is 15.5. The zero-order chi connectivity index (χ0) is 10.1. The molecule has 3 heteroatoms. The fourth-order valence-electron chi connectivity index (χ4n) is 1.07. The van der Waals surface area contributed by atoms with Gasteiger partial charge >= 0.3 is 0 Å². The minimum atomic E-state index is -1.16. The Morgan fingerprint density at radius 2 is 1.69 bits per heavy atom. The Morgan fingerprint density at radius 3 is 2.08 bits per heavy atom. The molecule has 0 heterocycles. The van der Waals surface area contributed by atoms with Crippen molar-refractivity contribution in [3.8, 4) is 0 Å². The Bertz CT molecular complexity index is 288. The first kappa shape index (κ1) is 10.1. The molecule has 13 heavy (non-hydrogen) atoms. The van der Waals surface area contributed by atoms with Crippen LogP contribution >= 0.6 is 0 Å². The van der Waals surface area contributed by atoms with E-state index >= 15 is 0 Å². The van der Waals surface area contributed by atoms with E-state index in [1.54, 1.807) is 6.92 Å². The molecule has 1 N–H and O–H groups in total. The first-order valence-electron chi connectivity index (χ1n) is 4.14. The van der Waals surface area contributed by atoms with Crippen LogP contribution in [-0.4, -0.2) is 5.11 Å². The second-order valence-electron chi connectivity index (χ2n) is 3.29. The highest BCUT2D eigenvalue weighted by Gasteiger charge is 2.21. The maximum Gasteiger partial charge on any atom is 0.126 e. The van der Waals surface area contributed by atoms with Gasteiger partial charge in [-0.25, -0.2) is 8.78 Å². The number of benzene rings is 1. The van der Waals surface area contributed by atoms with Crippen molar-refractivity contribution in [1.29, 1.82) is 0 Å². The van der Waals surface area contributed by atoms with E-state index in [2.05, 4.69) is 0 Å². The van der Waals surface area contributed by atoms with E-state index in [-0.39, 0.29) is 5.56 Å². The van der Waals surface area contributed by atoms with Gasteiger partial charge in [-0.05, 0) is 31.0 Å². The van der Waals surface area contributed by atoms with E-state index in [0.717, 1.165) is 18.2 Å². The summed E-state index contributed by atoms with van der Waals surface area (Å²) in [5.41, 5.74) is -0.893. The Hall–Kier alpha value is -0.960. The second-order valence-corrected chi connectivity index (χ2v) is 3.29. The van der Waals surface area contributed by atoms with E-state index in [0.29, 0.717) is 6.42 Å². The molecular weight excluding hydrogens is 174 g/mol. The molecule has 1 rings (SSSR count). The third kappa shape index (κ3) is 2.25. The lowest BCUT2D eigenvalue weighted by Gasteiger charge is -2.21. The van der Waals surface area contributed by atoms with Crippen LogP contribution < -0.4 is 0 Å². The Labute approximate surface area is 76.0 Å². The van der Waals surface area contributed by atoms with Crippen LogP contribution in [0.1, 0.15) is 25.8 Å². The third-order valence-electron chi connectivity index (χ3n) is 2.17. The maximum atomic E-state index is 12.7. The smallest absolute Gasteiger partial charge is 0.126 e. The molecule has 0 saturated heterocycles. The van der Waals surface area contributed by atoms with Gasteiger partial charge in [0.15, 0.2) is 0 Å². The van der Waals surface area contributed by atoms with E-state index in [1.165, 1.54) is 6.92 Å². The highest BCUT2D eigenvalue weighted by atomic mass is 19.1. The molecule has 72 valence electrons. The molecular formula is C10H12F2O. The van der Waals surface area contributed by atoms with Gasteiger partial charge in [-0.2, -0.15) is 0 Å². The molecule has 0 spiro atoms. The number of hydrogen-bond donors (Lipinski definition) is 1. The summed E-state index contributed by atoms with van der Waals surface area (Å²) in [4.78, 5) is 0. The predicted octanol–water partition coefficient (Wildman–Crippen LogP) is 2.58. The van der Waals surface area contributed by atoms with E-state index in [9.17, 15) is 13.9 Å². The minimum Gasteiger partial charge on any atom is -0.385 e. The fourth-order valence-corrected chi connectivity index (χ4v) is 1.07. The van der Waals surface area contributed by atoms with Gasteiger partial charge in [0.25, 0.3) is 0 Å². The molecule has 0 aromatic heterocycles. The molecule has 1 atom stereocenters. The summed E-state index contributed by atoms with van der Waals surface area (Å²) in [6.07, 6.45) is 0.413. The Kier molecular flexibility index (Phi) is 2.66. The highest BCUT2D eigenvalue weighted by Crippen LogP contribution is 2.25. The van der Waals surface area contributed by atoms with Gasteiger partial charge in [-0.1, -0.05) is 6.92 Å². The average Bonchev–Trinajstić information content (AvgIpc) is 2.02. The van der Waals surface area contributed by atoms with Crippen LogP contribution in [0.15, 0.2) is 18.2 Å². The summed E-state index contributed by atoms with van der Waals surface area (Å²) in [7, 11) is 0. The zero-order valence-electron chi connectivity index (χ0n) is 7.64. The van der Waals surface area contributed by atoms with Crippen molar-refractivity contribution in [2.24, 2.45) is 0 Å². The van der Waals surface area contributed by atoms with Crippen molar-refractivity contribution >= 4 is 0 Å². The van der Waals surface area contributed by atoms with Gasteiger partial charge < -0.3 is 5.11 Å². The molecule has 0 amide bonds. The maximum absolute atomic E-state index is 12.7. The first-order chi connectivity index (χ1) is 5.95. The van der Waals surface area contributed by atoms with Crippen molar-refractivity contribution in [2.75, 3.05) is 0 Å². The summed E-state index contributed by atoms with van der Waals surface area (Å²) in [5, 5.41) is 9.71. The van der Waals surface area contributed by atoms with Gasteiger partial charge in [0, 0.05) is 6.07 Å². The van der Waals surface area contributed by atoms with Crippen LogP contribution in [0.3, 0.4) is 0 Å². The summed E-state index contributed by atoms with van der Waals surface area (Å²) in [5.74, 6) is -1.33. The molecule has 1 aromatic carbocycles. The standard InChI is InChI=1S/C10H12F2O/c1-3-10(2,13)7-4-8(11)6-9(12)5-7/h4-6,13H,3H2,1-2H3. The highest BCUT2D eigenvalue weighted by molar-refractivity contribution is 5.23. The lowest BCUT2D eigenvalue weighted by Crippen LogP contribution is -2.19. The van der Waals surface area contributed by atoms with Gasteiger partial charge in [0.1, 0.15) is 11.6 Å². The molecule has 1 unspecified atom stereocenters. The summed E-state index contributed by atoms with van der Waals surface area (Å²) >= 11 is 0. The van der Waals surface area contributed by atoms with Crippen LogP contribution in [0, 0.1) is 11.6 Å². The number of rotatable bonds is 2. The molecule has 0 aliphatic heterocycles. The quantitative estimate of drug-likeness (QED) is 0.752. The first-order valence-corrected chi connectivity index (χ1v) is 4.14. The topological polar surface area (TPSA) is 20.2 Å². The molecule has 0 aliphatic carbocycles. The monoisotopic (exact) mass is 186 g/mol. The van der Waals surface area contributed by atoms with Crippen molar-refractivity contribution in [3.05, 3.63) is 35.4 Å². The lowest BCUT2D eigenvalue weighted by atomic mass is 9.93. The molecule has 0 saturated carbocycles. The fraction of sp³-hybridized carbons (Fsp3) is 0.400. The molecule has 1 nitrogen and oxygen atoms in total. The van der Waals surface area contributed by atoms with E-state index < -0.39 is 17.2 Å². The minimum absolute atomic E-state index is 0.271. The van der Waals surface area contributed by atoms with Crippen LogP contribution in [0.2, 0.25) is 0 Å². The van der Waals surface area contributed by atoms with Crippen molar-refractivity contribution in [3.63, 3.8) is 0 Å². The largest absolute Gasteiger partial charge is 0.385 e. The molecule has 0 bridgehead atoms. The van der Waals surface area contributed by atoms with Crippen LogP contribution in [0.4, 0.5) is 8.78 Å². The SMILES string of the molecule is CCC(C)(O)c1cc(F)cc(F)c1. The van der Waals surface area contributed by atoms with Crippen LogP contribution in [-0.2, 0) is 5.60 Å². The molecule has 0 fully saturated rings. The Balaban J connectivity index is 3.15. The summed E-state index contributed by atoms with van der Waals surface area (Å²) in [6.45, 7) is 3.28. The molecule has 0 radical (unpaired) electrons. The molecule has 0 aliphatic rings. The van der Waals surface area contributed by atoms with Crippen LogP contribution in [0.5, 0.6) is 0 Å². The predicted molar refractivity (Wildman–Crippen MR) is 46.2 cm³/mol. The Morgan fingerprint density at radius 1 is 1.23 bits per heavy atom. The summed E-state index contributed by atoms with van der Waals surface area (Å²) in [6, 6.07) is 3.08. The second kappa shape index (κ2) is 3.42. The van der Waals surface area contributed by atoms with Crippen molar-refractivity contribution in [1.82, 2.24) is 0 Å². The van der Waals surface area contributed by atoms with Crippen LogP contribution in [0.25, 0.3) is 0 Å². The van der Waals surface area contributed by atoms with E-state index in [4.69, 9.17) is 0 Å². The van der Waals surface area contributed by atoms with Gasteiger partial charge in [0.2, 0.25) is 0 Å². The lowest BCUT2D eigenvalue weighted by molar-refractivity contribution is 0.0524.